The van der Waals surface area contributed by atoms with Crippen LogP contribution in [-0.2, 0) is 4.79 Å². The van der Waals surface area contributed by atoms with E-state index in [-0.39, 0.29) is 17.5 Å². The Morgan fingerprint density at radius 1 is 1.44 bits per heavy atom. The van der Waals surface area contributed by atoms with Crippen molar-refractivity contribution in [2.24, 2.45) is 0 Å². The number of halogens is 1. The second-order valence-electron chi connectivity index (χ2n) is 3.10. The van der Waals surface area contributed by atoms with Gasteiger partial charge in [0.15, 0.2) is 0 Å². The Kier molecular flexibility index (Phi) is 4.13. The molecule has 1 rings (SSSR count). The molecule has 16 heavy (non-hydrogen) atoms. The summed E-state index contributed by atoms with van der Waals surface area (Å²) in [4.78, 5) is 22.5. The molecule has 0 bridgehead atoms. The van der Waals surface area contributed by atoms with Gasteiger partial charge in [0.25, 0.3) is 5.91 Å². The lowest BCUT2D eigenvalue weighted by atomic mass is 10.2. The Morgan fingerprint density at radius 3 is 2.69 bits per heavy atom. The summed E-state index contributed by atoms with van der Waals surface area (Å²) < 4.78 is 0. The topological polar surface area (TPSA) is 84.2 Å². The normalized spacial score (nSPS) is 9.62. The summed E-state index contributed by atoms with van der Waals surface area (Å²) in [6, 6.07) is 4.56. The van der Waals surface area contributed by atoms with E-state index in [2.05, 4.69) is 10.6 Å². The van der Waals surface area contributed by atoms with Crippen molar-refractivity contribution < 1.29 is 9.59 Å². The Labute approximate surface area is 98.0 Å². The zero-order chi connectivity index (χ0) is 12.1. The highest BCUT2D eigenvalue weighted by Crippen LogP contribution is 2.18. The quantitative estimate of drug-likeness (QED) is 0.670. The SMILES string of the molecule is CNC(=O)CNC(=O)c1ccc(N)cc1Cl. The molecule has 1 aromatic rings. The van der Waals surface area contributed by atoms with E-state index in [0.717, 1.165) is 0 Å². The Morgan fingerprint density at radius 2 is 2.12 bits per heavy atom. The van der Waals surface area contributed by atoms with Crippen LogP contribution in [-0.4, -0.2) is 25.4 Å². The fourth-order valence-corrected chi connectivity index (χ4v) is 1.33. The van der Waals surface area contributed by atoms with E-state index in [1.54, 1.807) is 6.07 Å². The van der Waals surface area contributed by atoms with Gasteiger partial charge in [-0.05, 0) is 18.2 Å². The number of benzene rings is 1. The molecule has 0 atom stereocenters. The molecule has 0 aromatic heterocycles. The highest BCUT2D eigenvalue weighted by molar-refractivity contribution is 6.34. The highest BCUT2D eigenvalue weighted by Gasteiger charge is 2.10. The van der Waals surface area contributed by atoms with Gasteiger partial charge in [0.1, 0.15) is 0 Å². The molecular weight excluding hydrogens is 230 g/mol. The molecule has 0 unspecified atom stereocenters. The van der Waals surface area contributed by atoms with E-state index < -0.39 is 5.91 Å². The number of hydrogen-bond donors (Lipinski definition) is 3. The molecule has 0 spiro atoms. The predicted octanol–water partition coefficient (Wildman–Crippen LogP) is 0.398. The number of hydrogen-bond acceptors (Lipinski definition) is 3. The monoisotopic (exact) mass is 241 g/mol. The fourth-order valence-electron chi connectivity index (χ4n) is 1.06. The van der Waals surface area contributed by atoms with Gasteiger partial charge in [0, 0.05) is 12.7 Å². The van der Waals surface area contributed by atoms with Crippen LogP contribution in [0.25, 0.3) is 0 Å². The first kappa shape index (κ1) is 12.3. The number of anilines is 1. The maximum absolute atomic E-state index is 11.6. The molecule has 0 fully saturated rings. The summed E-state index contributed by atoms with van der Waals surface area (Å²) in [6.45, 7) is -0.0873. The van der Waals surface area contributed by atoms with Crippen LogP contribution in [0.4, 0.5) is 5.69 Å². The third-order valence-electron chi connectivity index (χ3n) is 1.93. The van der Waals surface area contributed by atoms with Gasteiger partial charge in [0.05, 0.1) is 17.1 Å². The standard InChI is InChI=1S/C10H12ClN3O2/c1-13-9(15)5-14-10(16)7-3-2-6(12)4-8(7)11/h2-4H,5,12H2,1H3,(H,13,15)(H,14,16). The highest BCUT2D eigenvalue weighted by atomic mass is 35.5. The molecule has 0 radical (unpaired) electrons. The number of amides is 2. The van der Waals surface area contributed by atoms with Gasteiger partial charge in [0.2, 0.25) is 5.91 Å². The van der Waals surface area contributed by atoms with Crippen molar-refractivity contribution in [3.05, 3.63) is 28.8 Å². The van der Waals surface area contributed by atoms with Crippen molar-refractivity contribution in [1.29, 1.82) is 0 Å². The molecular formula is C10H12ClN3O2. The summed E-state index contributed by atoms with van der Waals surface area (Å²) >= 11 is 5.83. The lowest BCUT2D eigenvalue weighted by molar-refractivity contribution is -0.119. The average Bonchev–Trinajstić information content (AvgIpc) is 2.25. The first-order valence-electron chi connectivity index (χ1n) is 4.58. The third kappa shape index (κ3) is 3.13. The van der Waals surface area contributed by atoms with Crippen molar-refractivity contribution in [2.45, 2.75) is 0 Å². The molecule has 0 aliphatic carbocycles. The van der Waals surface area contributed by atoms with E-state index in [1.165, 1.54) is 19.2 Å². The summed E-state index contributed by atoms with van der Waals surface area (Å²) in [7, 11) is 1.49. The summed E-state index contributed by atoms with van der Waals surface area (Å²) in [5.74, 6) is -0.687. The Bertz CT molecular complexity index is 421. The van der Waals surface area contributed by atoms with Gasteiger partial charge in [-0.1, -0.05) is 11.6 Å². The molecule has 2 amide bonds. The lowest BCUT2D eigenvalue weighted by Gasteiger charge is -2.06. The second kappa shape index (κ2) is 5.37. The number of nitrogens with one attached hydrogen (secondary N) is 2. The van der Waals surface area contributed by atoms with Crippen molar-refractivity contribution in [1.82, 2.24) is 10.6 Å². The molecule has 5 nitrogen and oxygen atoms in total. The van der Waals surface area contributed by atoms with Crippen LogP contribution in [0.2, 0.25) is 5.02 Å². The zero-order valence-corrected chi connectivity index (χ0v) is 9.47. The van der Waals surface area contributed by atoms with Crippen LogP contribution in [0, 0.1) is 0 Å². The van der Waals surface area contributed by atoms with E-state index in [4.69, 9.17) is 17.3 Å². The predicted molar refractivity (Wildman–Crippen MR) is 62.3 cm³/mol. The second-order valence-corrected chi connectivity index (χ2v) is 3.50. The van der Waals surface area contributed by atoms with Crippen molar-refractivity contribution in [3.8, 4) is 0 Å². The minimum Gasteiger partial charge on any atom is -0.399 e. The maximum atomic E-state index is 11.6. The molecule has 1 aromatic carbocycles. The smallest absolute Gasteiger partial charge is 0.253 e. The summed E-state index contributed by atoms with van der Waals surface area (Å²) in [5, 5.41) is 5.08. The molecule has 0 heterocycles. The van der Waals surface area contributed by atoms with Gasteiger partial charge >= 0.3 is 0 Å². The van der Waals surface area contributed by atoms with Gasteiger partial charge in [-0.15, -0.1) is 0 Å². The molecule has 0 saturated heterocycles. The van der Waals surface area contributed by atoms with Gasteiger partial charge < -0.3 is 16.4 Å². The van der Waals surface area contributed by atoms with Crippen molar-refractivity contribution in [2.75, 3.05) is 19.3 Å². The van der Waals surface area contributed by atoms with Crippen LogP contribution >= 0.6 is 11.6 Å². The van der Waals surface area contributed by atoms with Crippen LogP contribution in [0.15, 0.2) is 18.2 Å². The van der Waals surface area contributed by atoms with E-state index >= 15 is 0 Å². The van der Waals surface area contributed by atoms with Crippen LogP contribution in [0.3, 0.4) is 0 Å². The molecule has 86 valence electrons. The van der Waals surface area contributed by atoms with Crippen LogP contribution < -0.4 is 16.4 Å². The van der Waals surface area contributed by atoms with Gasteiger partial charge in [-0.25, -0.2) is 0 Å². The number of nitrogen functional groups attached to an aromatic ring is 1. The lowest BCUT2D eigenvalue weighted by Crippen LogP contribution is -2.35. The van der Waals surface area contributed by atoms with E-state index in [0.29, 0.717) is 11.3 Å². The number of rotatable bonds is 3. The molecule has 6 heteroatoms. The molecule has 0 saturated carbocycles. The number of nitrogens with two attached hydrogens (primary N) is 1. The van der Waals surface area contributed by atoms with Crippen LogP contribution in [0.1, 0.15) is 10.4 Å². The van der Waals surface area contributed by atoms with Crippen molar-refractivity contribution in [3.63, 3.8) is 0 Å². The summed E-state index contributed by atoms with van der Waals surface area (Å²) in [5.41, 5.74) is 6.26. The third-order valence-corrected chi connectivity index (χ3v) is 2.24. The molecule has 0 aliphatic rings. The van der Waals surface area contributed by atoms with E-state index in [9.17, 15) is 9.59 Å². The molecule has 0 aliphatic heterocycles. The number of carbonyl (C=O) groups excluding carboxylic acids is 2. The number of likely N-dealkylation sites (N-methyl/N-ethyl adjacent to an activating group) is 1. The zero-order valence-electron chi connectivity index (χ0n) is 8.71. The number of carbonyl (C=O) groups is 2. The fraction of sp³-hybridized carbons (Fsp3) is 0.200. The Hall–Kier alpha value is -1.75. The van der Waals surface area contributed by atoms with Crippen molar-refractivity contribution >= 4 is 29.1 Å². The minimum atomic E-state index is -0.409. The average molecular weight is 242 g/mol. The van der Waals surface area contributed by atoms with Gasteiger partial charge in [-0.3, -0.25) is 9.59 Å². The Balaban J connectivity index is 2.70. The van der Waals surface area contributed by atoms with Crippen LogP contribution in [0.5, 0.6) is 0 Å². The molecule has 4 N–H and O–H groups in total. The summed E-state index contributed by atoms with van der Waals surface area (Å²) in [6.07, 6.45) is 0. The maximum Gasteiger partial charge on any atom is 0.253 e. The first-order valence-corrected chi connectivity index (χ1v) is 4.96. The minimum absolute atomic E-state index is 0.0873. The van der Waals surface area contributed by atoms with Gasteiger partial charge in [-0.2, -0.15) is 0 Å². The largest absolute Gasteiger partial charge is 0.399 e. The van der Waals surface area contributed by atoms with E-state index in [1.807, 2.05) is 0 Å². The first-order chi connectivity index (χ1) is 7.54.